The first kappa shape index (κ1) is 25.1. The van der Waals surface area contributed by atoms with Gasteiger partial charge in [-0.25, -0.2) is 4.79 Å². The second-order valence-corrected chi connectivity index (χ2v) is 7.37. The summed E-state index contributed by atoms with van der Waals surface area (Å²) in [6.45, 7) is 2.59. The minimum atomic E-state index is -1.05. The van der Waals surface area contributed by atoms with Gasteiger partial charge in [0.15, 0.2) is 0 Å². The predicted molar refractivity (Wildman–Crippen MR) is 125 cm³/mol. The summed E-state index contributed by atoms with van der Waals surface area (Å²) < 4.78 is 10.2. The molecule has 3 aromatic carbocycles. The number of hydroxylamine groups is 1. The topological polar surface area (TPSA) is 120 Å². The van der Waals surface area contributed by atoms with Gasteiger partial charge in [-0.15, -0.1) is 5.48 Å². The Bertz CT molecular complexity index is 1160. The van der Waals surface area contributed by atoms with Crippen LogP contribution in [0.2, 0.25) is 0 Å². The maximum Gasteiger partial charge on any atom is 0.364 e. The van der Waals surface area contributed by atoms with Crippen molar-refractivity contribution in [2.45, 2.75) is 26.4 Å². The second-order valence-electron chi connectivity index (χ2n) is 7.37. The van der Waals surface area contributed by atoms with E-state index in [-0.39, 0.29) is 23.6 Å². The molecule has 0 fully saturated rings. The normalized spacial score (nSPS) is 11.1. The van der Waals surface area contributed by atoms with Crippen LogP contribution in [-0.4, -0.2) is 23.8 Å². The number of esters is 2. The van der Waals surface area contributed by atoms with Crippen LogP contribution in [0.15, 0.2) is 78.9 Å². The Morgan fingerprint density at radius 1 is 0.743 bits per heavy atom. The molecule has 0 radical (unpaired) electrons. The number of carbonyl (C=O) groups is 4. The van der Waals surface area contributed by atoms with Crippen LogP contribution in [-0.2, 0) is 25.8 Å². The van der Waals surface area contributed by atoms with Crippen molar-refractivity contribution in [1.29, 1.82) is 0 Å². The third kappa shape index (κ3) is 7.24. The molecule has 180 valence electrons. The number of hydrogen-bond donors (Lipinski definition) is 2. The molecule has 0 saturated carbocycles. The van der Waals surface area contributed by atoms with Gasteiger partial charge in [-0.05, 0) is 23.3 Å². The number of nitrogens with one attached hydrogen (secondary N) is 2. The smallest absolute Gasteiger partial charge is 0.364 e. The Hall–Kier alpha value is -4.50. The lowest BCUT2D eigenvalue weighted by Gasteiger charge is -2.19. The van der Waals surface area contributed by atoms with Crippen LogP contribution in [0.25, 0.3) is 0 Å². The summed E-state index contributed by atoms with van der Waals surface area (Å²) in [6, 6.07) is 21.1. The first-order chi connectivity index (χ1) is 16.8. The fourth-order valence-electron chi connectivity index (χ4n) is 3.16. The van der Waals surface area contributed by atoms with E-state index in [0.29, 0.717) is 5.56 Å². The zero-order valence-electron chi connectivity index (χ0n) is 19.1. The number of carbonyl (C=O) groups excluding carboxylic acids is 4. The molecule has 0 aliphatic heterocycles. The SMILES string of the molecule is CC(=O)Oc1cccc(OC(C)=O)c1C(=O)ONC(C(=O)NCc1ccccc1)c1ccccc1. The van der Waals surface area contributed by atoms with Gasteiger partial charge in [-0.1, -0.05) is 66.7 Å². The summed E-state index contributed by atoms with van der Waals surface area (Å²) in [5.74, 6) is -3.15. The molecule has 0 aromatic heterocycles. The molecule has 0 saturated heterocycles. The molecule has 0 bridgehead atoms. The highest BCUT2D eigenvalue weighted by atomic mass is 16.7. The minimum absolute atomic E-state index is 0.159. The molecule has 0 heterocycles. The molecule has 2 N–H and O–H groups in total. The van der Waals surface area contributed by atoms with Gasteiger partial charge < -0.3 is 19.6 Å². The van der Waals surface area contributed by atoms with Crippen molar-refractivity contribution >= 4 is 23.8 Å². The van der Waals surface area contributed by atoms with Crippen molar-refractivity contribution in [2.75, 3.05) is 0 Å². The molecule has 1 unspecified atom stereocenters. The van der Waals surface area contributed by atoms with Crippen LogP contribution in [0, 0.1) is 0 Å². The van der Waals surface area contributed by atoms with E-state index in [1.165, 1.54) is 18.2 Å². The van der Waals surface area contributed by atoms with Gasteiger partial charge in [-0.2, -0.15) is 0 Å². The Morgan fingerprint density at radius 2 is 1.29 bits per heavy atom. The van der Waals surface area contributed by atoms with Crippen LogP contribution in [0.1, 0.15) is 41.4 Å². The second kappa shape index (κ2) is 12.1. The van der Waals surface area contributed by atoms with Gasteiger partial charge in [-0.3, -0.25) is 14.4 Å². The third-order valence-corrected chi connectivity index (χ3v) is 4.67. The molecular formula is C26H24N2O7. The molecule has 9 nitrogen and oxygen atoms in total. The Kier molecular flexibility index (Phi) is 8.69. The van der Waals surface area contributed by atoms with E-state index < -0.39 is 29.9 Å². The average molecular weight is 476 g/mol. The van der Waals surface area contributed by atoms with E-state index in [0.717, 1.165) is 19.4 Å². The largest absolute Gasteiger partial charge is 0.426 e. The van der Waals surface area contributed by atoms with E-state index in [1.807, 2.05) is 30.3 Å². The molecule has 0 spiro atoms. The molecular weight excluding hydrogens is 452 g/mol. The summed E-state index contributed by atoms with van der Waals surface area (Å²) >= 11 is 0. The first-order valence-corrected chi connectivity index (χ1v) is 10.7. The molecule has 1 atom stereocenters. The highest BCUT2D eigenvalue weighted by Gasteiger charge is 2.26. The van der Waals surface area contributed by atoms with Crippen molar-refractivity contribution in [3.8, 4) is 11.5 Å². The monoisotopic (exact) mass is 476 g/mol. The van der Waals surface area contributed by atoms with E-state index in [1.54, 1.807) is 30.3 Å². The standard InChI is InChI=1S/C26H24N2O7/c1-17(29)33-21-14-9-15-22(34-18(2)30)23(21)26(32)35-28-24(20-12-7-4-8-13-20)25(31)27-16-19-10-5-3-6-11-19/h3-15,24,28H,16H2,1-2H3,(H,27,31). The summed E-state index contributed by atoms with van der Waals surface area (Å²) in [7, 11) is 0. The van der Waals surface area contributed by atoms with Crippen LogP contribution in [0.5, 0.6) is 11.5 Å². The fourth-order valence-corrected chi connectivity index (χ4v) is 3.16. The number of amides is 1. The van der Waals surface area contributed by atoms with E-state index in [2.05, 4.69) is 10.8 Å². The summed E-state index contributed by atoms with van der Waals surface area (Å²) in [6.07, 6.45) is 0. The van der Waals surface area contributed by atoms with Crippen molar-refractivity contribution < 1.29 is 33.5 Å². The van der Waals surface area contributed by atoms with Crippen molar-refractivity contribution in [2.24, 2.45) is 0 Å². The van der Waals surface area contributed by atoms with Gasteiger partial charge >= 0.3 is 17.9 Å². The lowest BCUT2D eigenvalue weighted by atomic mass is 10.1. The third-order valence-electron chi connectivity index (χ3n) is 4.67. The maximum absolute atomic E-state index is 13.0. The molecule has 3 aromatic rings. The van der Waals surface area contributed by atoms with Gasteiger partial charge in [0.2, 0.25) is 5.91 Å². The molecule has 35 heavy (non-hydrogen) atoms. The summed E-state index contributed by atoms with van der Waals surface area (Å²) in [5.41, 5.74) is 3.63. The molecule has 3 rings (SSSR count). The molecule has 0 aliphatic carbocycles. The summed E-state index contributed by atoms with van der Waals surface area (Å²) in [4.78, 5) is 54.2. The van der Waals surface area contributed by atoms with Gasteiger partial charge in [0.05, 0.1) is 0 Å². The van der Waals surface area contributed by atoms with Gasteiger partial charge in [0.25, 0.3) is 0 Å². The fraction of sp³-hybridized carbons (Fsp3) is 0.154. The number of hydrogen-bond acceptors (Lipinski definition) is 8. The van der Waals surface area contributed by atoms with Gasteiger partial charge in [0.1, 0.15) is 23.1 Å². The molecule has 0 aliphatic rings. The highest BCUT2D eigenvalue weighted by molar-refractivity contribution is 5.97. The van der Waals surface area contributed by atoms with Crippen LogP contribution < -0.4 is 20.3 Å². The van der Waals surface area contributed by atoms with Gasteiger partial charge in [0, 0.05) is 20.4 Å². The predicted octanol–water partition coefficient (Wildman–Crippen LogP) is 3.26. The van der Waals surface area contributed by atoms with Crippen LogP contribution >= 0.6 is 0 Å². The van der Waals surface area contributed by atoms with Crippen LogP contribution in [0.4, 0.5) is 0 Å². The van der Waals surface area contributed by atoms with Crippen molar-refractivity contribution in [3.05, 3.63) is 95.6 Å². The van der Waals surface area contributed by atoms with E-state index >= 15 is 0 Å². The zero-order chi connectivity index (χ0) is 25.2. The molecule has 1 amide bonds. The number of rotatable bonds is 9. The first-order valence-electron chi connectivity index (χ1n) is 10.7. The Morgan fingerprint density at radius 3 is 1.83 bits per heavy atom. The number of ether oxygens (including phenoxy) is 2. The lowest BCUT2D eigenvalue weighted by Crippen LogP contribution is -2.38. The van der Waals surface area contributed by atoms with Crippen LogP contribution in [0.3, 0.4) is 0 Å². The van der Waals surface area contributed by atoms with E-state index in [9.17, 15) is 19.2 Å². The molecule has 9 heteroatoms. The number of benzene rings is 3. The lowest BCUT2D eigenvalue weighted by molar-refractivity contribution is -0.132. The average Bonchev–Trinajstić information content (AvgIpc) is 2.83. The van der Waals surface area contributed by atoms with Crippen molar-refractivity contribution in [3.63, 3.8) is 0 Å². The summed E-state index contributed by atoms with van der Waals surface area (Å²) in [5, 5.41) is 2.80. The minimum Gasteiger partial charge on any atom is -0.426 e. The highest BCUT2D eigenvalue weighted by Crippen LogP contribution is 2.30. The van der Waals surface area contributed by atoms with E-state index in [4.69, 9.17) is 14.3 Å². The Labute approximate surface area is 202 Å². The van der Waals surface area contributed by atoms with Crippen molar-refractivity contribution in [1.82, 2.24) is 10.8 Å². The maximum atomic E-state index is 13.0. The quantitative estimate of drug-likeness (QED) is 0.274. The zero-order valence-corrected chi connectivity index (χ0v) is 19.1. The Balaban J connectivity index is 1.81.